The van der Waals surface area contributed by atoms with Crippen LogP contribution in [0.5, 0.6) is 0 Å². The zero-order chi connectivity index (χ0) is 16.7. The Morgan fingerprint density at radius 3 is 2.29 bits per heavy atom. The fourth-order valence-corrected chi connectivity index (χ4v) is 5.68. The van der Waals surface area contributed by atoms with E-state index in [1.54, 1.807) is 18.2 Å². The minimum Gasteiger partial charge on any atom is -0.373 e. The first kappa shape index (κ1) is 16.7. The van der Waals surface area contributed by atoms with Crippen molar-refractivity contribution in [3.05, 3.63) is 33.8 Å². The summed E-state index contributed by atoms with van der Waals surface area (Å²) in [7, 11) is 0. The standard InChI is InChI=1S/C19H23Cl2NO2/c20-16-2-1-15(8-17(16)21)18(23)22-3-4-24-19-9-12-5-13(10-19)7-14(6-12)11-19/h1-2,8,12-14H,3-7,9-11H2,(H,22,23). The topological polar surface area (TPSA) is 38.3 Å². The number of carbonyl (C=O) groups excluding carboxylic acids is 1. The normalized spacial score (nSPS) is 33.7. The summed E-state index contributed by atoms with van der Waals surface area (Å²) < 4.78 is 6.31. The van der Waals surface area contributed by atoms with Crippen LogP contribution in [0.2, 0.25) is 10.0 Å². The van der Waals surface area contributed by atoms with Crippen molar-refractivity contribution in [2.24, 2.45) is 17.8 Å². The number of ether oxygens (including phenoxy) is 1. The van der Waals surface area contributed by atoms with E-state index < -0.39 is 0 Å². The number of hydrogen-bond acceptors (Lipinski definition) is 2. The van der Waals surface area contributed by atoms with Gasteiger partial charge in [-0.3, -0.25) is 4.79 Å². The maximum absolute atomic E-state index is 12.2. The highest BCUT2D eigenvalue weighted by atomic mass is 35.5. The van der Waals surface area contributed by atoms with Crippen LogP contribution in [0.15, 0.2) is 18.2 Å². The summed E-state index contributed by atoms with van der Waals surface area (Å²) in [4.78, 5) is 12.2. The predicted molar refractivity (Wildman–Crippen MR) is 95.7 cm³/mol. The van der Waals surface area contributed by atoms with Crippen LogP contribution in [0.3, 0.4) is 0 Å². The number of hydrogen-bond donors (Lipinski definition) is 1. The van der Waals surface area contributed by atoms with E-state index in [9.17, 15) is 4.79 Å². The van der Waals surface area contributed by atoms with Crippen molar-refractivity contribution in [2.45, 2.75) is 44.1 Å². The molecule has 0 heterocycles. The van der Waals surface area contributed by atoms with E-state index in [1.165, 1.54) is 38.5 Å². The van der Waals surface area contributed by atoms with Gasteiger partial charge in [-0.05, 0) is 74.5 Å². The van der Waals surface area contributed by atoms with Crippen LogP contribution in [0, 0.1) is 17.8 Å². The van der Waals surface area contributed by atoms with Crippen LogP contribution in [0.1, 0.15) is 48.9 Å². The summed E-state index contributed by atoms with van der Waals surface area (Å²) in [5, 5.41) is 3.77. The summed E-state index contributed by atoms with van der Waals surface area (Å²) in [5.74, 6) is 2.49. The number of benzene rings is 1. The quantitative estimate of drug-likeness (QED) is 0.765. The lowest BCUT2D eigenvalue weighted by Crippen LogP contribution is -2.52. The van der Waals surface area contributed by atoms with Crippen molar-refractivity contribution in [3.8, 4) is 0 Å². The molecule has 0 aromatic heterocycles. The second kappa shape index (κ2) is 6.51. The van der Waals surface area contributed by atoms with Gasteiger partial charge in [0.05, 0.1) is 22.3 Å². The van der Waals surface area contributed by atoms with E-state index in [-0.39, 0.29) is 11.5 Å². The van der Waals surface area contributed by atoms with E-state index in [0.29, 0.717) is 28.8 Å². The Hall–Kier alpha value is -0.770. The summed E-state index contributed by atoms with van der Waals surface area (Å²) in [6.45, 7) is 1.11. The molecule has 1 aromatic carbocycles. The third-order valence-corrected chi connectivity index (χ3v) is 6.70. The average Bonchev–Trinajstić information content (AvgIpc) is 2.52. The number of nitrogens with one attached hydrogen (secondary N) is 1. The summed E-state index contributed by atoms with van der Waals surface area (Å²) in [6, 6.07) is 4.92. The maximum Gasteiger partial charge on any atom is 0.251 e. The van der Waals surface area contributed by atoms with Crippen molar-refractivity contribution < 1.29 is 9.53 Å². The second-order valence-electron chi connectivity index (χ2n) is 7.83. The van der Waals surface area contributed by atoms with Crippen LogP contribution < -0.4 is 5.32 Å². The Balaban J connectivity index is 1.27. The fourth-order valence-electron chi connectivity index (χ4n) is 5.38. The smallest absolute Gasteiger partial charge is 0.251 e. The zero-order valence-electron chi connectivity index (χ0n) is 13.7. The third kappa shape index (κ3) is 3.31. The van der Waals surface area contributed by atoms with E-state index >= 15 is 0 Å². The van der Waals surface area contributed by atoms with Crippen molar-refractivity contribution in [2.75, 3.05) is 13.2 Å². The first-order valence-corrected chi connectivity index (χ1v) is 9.66. The number of amides is 1. The fraction of sp³-hybridized carbons (Fsp3) is 0.632. The highest BCUT2D eigenvalue weighted by Gasteiger charge is 2.51. The molecule has 0 spiro atoms. The molecule has 4 saturated carbocycles. The van der Waals surface area contributed by atoms with E-state index in [0.717, 1.165) is 17.8 Å². The molecule has 0 radical (unpaired) electrons. The minimum absolute atomic E-state index is 0.100. The van der Waals surface area contributed by atoms with Gasteiger partial charge >= 0.3 is 0 Å². The largest absolute Gasteiger partial charge is 0.373 e. The molecule has 130 valence electrons. The summed E-state index contributed by atoms with van der Waals surface area (Å²) >= 11 is 11.8. The molecule has 1 aromatic rings. The highest BCUT2D eigenvalue weighted by molar-refractivity contribution is 6.42. The van der Waals surface area contributed by atoms with Crippen molar-refractivity contribution >= 4 is 29.1 Å². The zero-order valence-corrected chi connectivity index (χ0v) is 15.2. The van der Waals surface area contributed by atoms with Gasteiger partial charge in [0.1, 0.15) is 0 Å². The molecule has 0 aliphatic heterocycles. The second-order valence-corrected chi connectivity index (χ2v) is 8.65. The van der Waals surface area contributed by atoms with E-state index in [2.05, 4.69) is 5.32 Å². The van der Waals surface area contributed by atoms with Gasteiger partial charge in [-0.15, -0.1) is 0 Å². The Labute approximate surface area is 153 Å². The van der Waals surface area contributed by atoms with Crippen LogP contribution in [0.4, 0.5) is 0 Å². The first-order chi connectivity index (χ1) is 11.5. The lowest BCUT2D eigenvalue weighted by molar-refractivity contribution is -0.160. The molecule has 4 fully saturated rings. The van der Waals surface area contributed by atoms with Gasteiger partial charge in [0, 0.05) is 12.1 Å². The molecular weight excluding hydrogens is 345 g/mol. The van der Waals surface area contributed by atoms with Crippen LogP contribution in [0.25, 0.3) is 0 Å². The third-order valence-electron chi connectivity index (χ3n) is 5.96. The van der Waals surface area contributed by atoms with Gasteiger partial charge < -0.3 is 10.1 Å². The van der Waals surface area contributed by atoms with Crippen molar-refractivity contribution in [3.63, 3.8) is 0 Å². The molecule has 3 nitrogen and oxygen atoms in total. The van der Waals surface area contributed by atoms with Crippen LogP contribution >= 0.6 is 23.2 Å². The molecular formula is C19H23Cl2NO2. The number of carbonyl (C=O) groups is 1. The lowest BCUT2D eigenvalue weighted by atomic mass is 9.54. The van der Waals surface area contributed by atoms with E-state index in [1.807, 2.05) is 0 Å². The Bertz CT molecular complexity index is 611. The molecule has 1 amide bonds. The molecule has 5 rings (SSSR count). The Kier molecular flexibility index (Phi) is 4.53. The summed E-state index contributed by atoms with van der Waals surface area (Å²) in [6.07, 6.45) is 7.91. The molecule has 1 N–H and O–H groups in total. The molecule has 4 aliphatic rings. The molecule has 4 aliphatic carbocycles. The molecule has 0 saturated heterocycles. The van der Waals surface area contributed by atoms with Crippen molar-refractivity contribution in [1.29, 1.82) is 0 Å². The maximum atomic E-state index is 12.2. The van der Waals surface area contributed by atoms with Crippen LogP contribution in [-0.4, -0.2) is 24.7 Å². The van der Waals surface area contributed by atoms with Gasteiger partial charge in [0.25, 0.3) is 5.91 Å². The average molecular weight is 368 g/mol. The lowest BCUT2D eigenvalue weighted by Gasteiger charge is -2.56. The molecule has 24 heavy (non-hydrogen) atoms. The SMILES string of the molecule is O=C(NCCOC12CC3CC(CC(C3)C1)C2)c1ccc(Cl)c(Cl)c1. The minimum atomic E-state index is -0.136. The van der Waals surface area contributed by atoms with Gasteiger partial charge in [-0.25, -0.2) is 0 Å². The predicted octanol–water partition coefficient (Wildman–Crippen LogP) is 4.71. The van der Waals surface area contributed by atoms with E-state index in [4.69, 9.17) is 27.9 Å². The monoisotopic (exact) mass is 367 g/mol. The van der Waals surface area contributed by atoms with Gasteiger partial charge in [-0.2, -0.15) is 0 Å². The number of halogens is 2. The first-order valence-electron chi connectivity index (χ1n) is 8.90. The Morgan fingerprint density at radius 2 is 1.71 bits per heavy atom. The van der Waals surface area contributed by atoms with Crippen LogP contribution in [-0.2, 0) is 4.74 Å². The number of rotatable bonds is 5. The molecule has 0 atom stereocenters. The van der Waals surface area contributed by atoms with Gasteiger partial charge in [0.15, 0.2) is 0 Å². The van der Waals surface area contributed by atoms with Gasteiger partial charge in [-0.1, -0.05) is 23.2 Å². The van der Waals surface area contributed by atoms with Crippen molar-refractivity contribution in [1.82, 2.24) is 5.32 Å². The molecule has 0 unspecified atom stereocenters. The Morgan fingerprint density at radius 1 is 1.08 bits per heavy atom. The molecule has 4 bridgehead atoms. The highest BCUT2D eigenvalue weighted by Crippen LogP contribution is 2.57. The van der Waals surface area contributed by atoms with Gasteiger partial charge in [0.2, 0.25) is 0 Å². The summed E-state index contributed by atoms with van der Waals surface area (Å²) in [5.41, 5.74) is 0.627. The molecule has 5 heteroatoms.